The van der Waals surface area contributed by atoms with Crippen molar-refractivity contribution in [2.75, 3.05) is 20.6 Å². The molecule has 1 saturated heterocycles. The van der Waals surface area contributed by atoms with Gasteiger partial charge in [0.2, 0.25) is 5.91 Å². The third kappa shape index (κ3) is 2.72. The molecule has 1 aromatic heterocycles. The van der Waals surface area contributed by atoms with Crippen molar-refractivity contribution >= 4 is 24.2 Å². The molecular formula is C15H19N5O4. The minimum Gasteiger partial charge on any atom is -0.465 e. The molecule has 3 heterocycles. The fraction of sp³-hybridized carbons (Fsp3) is 0.467. The molecule has 0 aliphatic carbocycles. The van der Waals surface area contributed by atoms with E-state index in [2.05, 4.69) is 10.3 Å². The number of fused-ring (bicyclic) bond motifs is 1. The highest BCUT2D eigenvalue weighted by molar-refractivity contribution is 6.02. The van der Waals surface area contributed by atoms with Gasteiger partial charge < -0.3 is 19.5 Å². The number of furan rings is 1. The zero-order valence-electron chi connectivity index (χ0n) is 13.7. The molecule has 0 aromatic carbocycles. The number of likely N-dealkylation sites (N-methyl/N-ethyl adjacent to an activating group) is 2. The van der Waals surface area contributed by atoms with E-state index < -0.39 is 18.2 Å². The van der Waals surface area contributed by atoms with Gasteiger partial charge >= 0.3 is 6.03 Å². The van der Waals surface area contributed by atoms with Crippen molar-refractivity contribution in [2.24, 2.45) is 4.99 Å². The predicted octanol–water partition coefficient (Wildman–Crippen LogP) is -0.233. The standard InChI is InChI=1S/C15H19N5O4/c1-9-4-5-10(24-9)6-16-11(21)7-20-8-17-13-12(20)14(22)19(3)15(23)18(13)2/h4-5,8,12-13H,6-7H2,1-3H3,(H,16,21). The summed E-state index contributed by atoms with van der Waals surface area (Å²) < 4.78 is 5.39. The lowest BCUT2D eigenvalue weighted by Crippen LogP contribution is -2.64. The number of hydrogen-bond acceptors (Lipinski definition) is 6. The molecule has 0 saturated carbocycles. The van der Waals surface area contributed by atoms with Crippen LogP contribution < -0.4 is 5.32 Å². The monoisotopic (exact) mass is 333 g/mol. The summed E-state index contributed by atoms with van der Waals surface area (Å²) in [6.45, 7) is 2.08. The van der Waals surface area contributed by atoms with E-state index in [9.17, 15) is 14.4 Å². The number of amides is 4. The number of nitrogens with zero attached hydrogens (tertiary/aromatic N) is 4. The van der Waals surface area contributed by atoms with Crippen LogP contribution in [0, 0.1) is 6.92 Å². The first kappa shape index (κ1) is 16.0. The predicted molar refractivity (Wildman–Crippen MR) is 84.0 cm³/mol. The Hall–Kier alpha value is -2.84. The molecular weight excluding hydrogens is 314 g/mol. The Bertz CT molecular complexity index is 712. The maximum Gasteiger partial charge on any atom is 0.328 e. The molecule has 9 heteroatoms. The summed E-state index contributed by atoms with van der Waals surface area (Å²) in [5.74, 6) is 0.811. The van der Waals surface area contributed by atoms with Gasteiger partial charge in [0.05, 0.1) is 19.4 Å². The highest BCUT2D eigenvalue weighted by Gasteiger charge is 2.48. The lowest BCUT2D eigenvalue weighted by molar-refractivity contribution is -0.136. The van der Waals surface area contributed by atoms with Gasteiger partial charge in [-0.05, 0) is 19.1 Å². The van der Waals surface area contributed by atoms with Crippen molar-refractivity contribution in [1.29, 1.82) is 0 Å². The van der Waals surface area contributed by atoms with Crippen LogP contribution in [0.15, 0.2) is 21.5 Å². The number of hydrogen-bond donors (Lipinski definition) is 1. The van der Waals surface area contributed by atoms with Crippen LogP contribution in [0.2, 0.25) is 0 Å². The zero-order valence-corrected chi connectivity index (χ0v) is 13.7. The largest absolute Gasteiger partial charge is 0.465 e. The van der Waals surface area contributed by atoms with E-state index in [0.717, 1.165) is 10.7 Å². The molecule has 24 heavy (non-hydrogen) atoms. The van der Waals surface area contributed by atoms with Crippen molar-refractivity contribution in [1.82, 2.24) is 20.0 Å². The first-order chi connectivity index (χ1) is 11.4. The maximum absolute atomic E-state index is 12.3. The lowest BCUT2D eigenvalue weighted by atomic mass is 10.1. The first-order valence-corrected chi connectivity index (χ1v) is 7.54. The Balaban J connectivity index is 1.61. The summed E-state index contributed by atoms with van der Waals surface area (Å²) in [5, 5.41) is 2.74. The topological polar surface area (TPSA) is 98.5 Å². The van der Waals surface area contributed by atoms with Gasteiger partial charge in [0.1, 0.15) is 11.5 Å². The third-order valence-corrected chi connectivity index (χ3v) is 4.16. The van der Waals surface area contributed by atoms with Gasteiger partial charge in [0, 0.05) is 14.1 Å². The van der Waals surface area contributed by atoms with E-state index in [1.165, 1.54) is 18.3 Å². The average Bonchev–Trinajstić information content (AvgIpc) is 3.15. The second kappa shape index (κ2) is 5.99. The van der Waals surface area contributed by atoms with E-state index in [1.54, 1.807) is 18.0 Å². The summed E-state index contributed by atoms with van der Waals surface area (Å²) in [7, 11) is 3.01. The van der Waals surface area contributed by atoms with Crippen molar-refractivity contribution in [3.05, 3.63) is 23.7 Å². The van der Waals surface area contributed by atoms with Crippen LogP contribution >= 0.6 is 0 Å². The summed E-state index contributed by atoms with van der Waals surface area (Å²) in [4.78, 5) is 44.6. The fourth-order valence-corrected chi connectivity index (χ4v) is 2.83. The molecule has 1 N–H and O–H groups in total. The van der Waals surface area contributed by atoms with Gasteiger partial charge in [-0.2, -0.15) is 0 Å². The molecule has 2 atom stereocenters. The Morgan fingerprint density at radius 1 is 1.33 bits per heavy atom. The number of carbonyl (C=O) groups excluding carboxylic acids is 3. The Morgan fingerprint density at radius 3 is 2.75 bits per heavy atom. The van der Waals surface area contributed by atoms with E-state index >= 15 is 0 Å². The van der Waals surface area contributed by atoms with Crippen LogP contribution in [0.25, 0.3) is 0 Å². The normalized spacial score (nSPS) is 23.0. The molecule has 2 aliphatic heterocycles. The Labute approximate surface area is 138 Å². The number of imide groups is 1. The molecule has 2 unspecified atom stereocenters. The number of nitrogens with one attached hydrogen (secondary N) is 1. The van der Waals surface area contributed by atoms with Gasteiger partial charge in [-0.25, -0.2) is 9.79 Å². The molecule has 9 nitrogen and oxygen atoms in total. The summed E-state index contributed by atoms with van der Waals surface area (Å²) in [6.07, 6.45) is 0.856. The molecule has 2 aliphatic rings. The van der Waals surface area contributed by atoms with Gasteiger partial charge in [-0.15, -0.1) is 0 Å². The molecule has 1 aromatic rings. The highest BCUT2D eigenvalue weighted by atomic mass is 16.3. The quantitative estimate of drug-likeness (QED) is 0.820. The molecule has 0 spiro atoms. The number of urea groups is 1. The molecule has 128 valence electrons. The number of rotatable bonds is 4. The van der Waals surface area contributed by atoms with E-state index in [0.29, 0.717) is 5.76 Å². The average molecular weight is 333 g/mol. The van der Waals surface area contributed by atoms with Gasteiger partial charge in [0.25, 0.3) is 5.91 Å². The summed E-state index contributed by atoms with van der Waals surface area (Å²) in [6, 6.07) is 2.54. The van der Waals surface area contributed by atoms with Crippen LogP contribution in [0.5, 0.6) is 0 Å². The summed E-state index contributed by atoms with van der Waals surface area (Å²) >= 11 is 0. The second-order valence-electron chi connectivity index (χ2n) is 5.88. The van der Waals surface area contributed by atoms with Crippen LogP contribution in [0.1, 0.15) is 11.5 Å². The molecule has 0 radical (unpaired) electrons. The van der Waals surface area contributed by atoms with Gasteiger partial charge in [-0.3, -0.25) is 14.5 Å². The minimum absolute atomic E-state index is 0.0219. The van der Waals surface area contributed by atoms with Crippen LogP contribution in [-0.2, 0) is 16.1 Å². The van der Waals surface area contributed by atoms with Crippen LogP contribution in [0.4, 0.5) is 4.79 Å². The second-order valence-corrected chi connectivity index (χ2v) is 5.88. The highest BCUT2D eigenvalue weighted by Crippen LogP contribution is 2.24. The van der Waals surface area contributed by atoms with Gasteiger partial charge in [0.15, 0.2) is 12.2 Å². The van der Waals surface area contributed by atoms with Crippen molar-refractivity contribution in [3.63, 3.8) is 0 Å². The van der Waals surface area contributed by atoms with Crippen molar-refractivity contribution in [2.45, 2.75) is 25.7 Å². The van der Waals surface area contributed by atoms with E-state index in [4.69, 9.17) is 4.42 Å². The summed E-state index contributed by atoms with van der Waals surface area (Å²) in [5.41, 5.74) is 0. The minimum atomic E-state index is -0.672. The third-order valence-electron chi connectivity index (χ3n) is 4.16. The smallest absolute Gasteiger partial charge is 0.328 e. The molecule has 3 rings (SSSR count). The fourth-order valence-electron chi connectivity index (χ4n) is 2.83. The maximum atomic E-state index is 12.3. The molecule has 1 fully saturated rings. The van der Waals surface area contributed by atoms with Gasteiger partial charge in [-0.1, -0.05) is 0 Å². The van der Waals surface area contributed by atoms with E-state index in [1.807, 2.05) is 13.0 Å². The van der Waals surface area contributed by atoms with Crippen molar-refractivity contribution in [3.8, 4) is 0 Å². The van der Waals surface area contributed by atoms with Crippen LogP contribution in [-0.4, -0.2) is 71.7 Å². The van der Waals surface area contributed by atoms with Crippen molar-refractivity contribution < 1.29 is 18.8 Å². The molecule has 4 amide bonds. The first-order valence-electron chi connectivity index (χ1n) is 7.54. The SMILES string of the molecule is Cc1ccc(CNC(=O)CN2C=NC3C2C(=O)N(C)C(=O)N3C)o1. The lowest BCUT2D eigenvalue weighted by Gasteiger charge is -2.39. The molecule has 0 bridgehead atoms. The number of aliphatic imine (C=N–C) groups is 1. The van der Waals surface area contributed by atoms with Crippen LogP contribution in [0.3, 0.4) is 0 Å². The number of carbonyl (C=O) groups is 3. The Morgan fingerprint density at radius 2 is 2.08 bits per heavy atom. The number of aryl methyl sites for hydroxylation is 1. The Kier molecular flexibility index (Phi) is 4.00. The zero-order chi connectivity index (χ0) is 17.4. The van der Waals surface area contributed by atoms with E-state index in [-0.39, 0.29) is 24.9 Å².